The number of para-hydroxylation sites is 1. The average Bonchev–Trinajstić information content (AvgIpc) is 3.27. The second-order valence-electron chi connectivity index (χ2n) is 7.82. The Morgan fingerprint density at radius 2 is 1.73 bits per heavy atom. The van der Waals surface area contributed by atoms with E-state index in [-0.39, 0.29) is 11.9 Å². The van der Waals surface area contributed by atoms with Crippen LogP contribution in [-0.4, -0.2) is 50.8 Å². The molecule has 2 aromatic carbocycles. The minimum Gasteiger partial charge on any atom is -0.492 e. The van der Waals surface area contributed by atoms with Gasteiger partial charge in [-0.15, -0.1) is 5.10 Å². The lowest BCUT2D eigenvalue weighted by Gasteiger charge is -2.40. The van der Waals surface area contributed by atoms with E-state index < -0.39 is 0 Å². The Labute approximate surface area is 180 Å². The van der Waals surface area contributed by atoms with Crippen molar-refractivity contribution >= 4 is 22.0 Å². The molecule has 4 aromatic rings. The summed E-state index contributed by atoms with van der Waals surface area (Å²) in [6, 6.07) is 19.1. The summed E-state index contributed by atoms with van der Waals surface area (Å²) in [7, 11) is 0. The average molecular weight is 420 g/mol. The highest BCUT2D eigenvalue weighted by atomic mass is 32.1. The summed E-state index contributed by atoms with van der Waals surface area (Å²) in [5.41, 5.74) is 3.68. The van der Waals surface area contributed by atoms with E-state index in [9.17, 15) is 5.11 Å². The number of aryl methyl sites for hydroxylation is 2. The van der Waals surface area contributed by atoms with Crippen LogP contribution in [0.15, 0.2) is 54.6 Å². The molecule has 2 aromatic heterocycles. The number of benzene rings is 2. The van der Waals surface area contributed by atoms with Crippen LogP contribution in [0.1, 0.15) is 27.9 Å². The molecule has 7 heteroatoms. The molecule has 0 spiro atoms. The smallest absolute Gasteiger partial charge is 0.230 e. The van der Waals surface area contributed by atoms with Crippen molar-refractivity contribution in [2.24, 2.45) is 0 Å². The van der Waals surface area contributed by atoms with E-state index in [4.69, 9.17) is 0 Å². The number of aromatic hydroxyl groups is 1. The van der Waals surface area contributed by atoms with Crippen LogP contribution in [0.25, 0.3) is 4.96 Å². The van der Waals surface area contributed by atoms with Gasteiger partial charge in [0.15, 0.2) is 0 Å². The van der Waals surface area contributed by atoms with Gasteiger partial charge in [-0.05, 0) is 31.5 Å². The van der Waals surface area contributed by atoms with Crippen molar-refractivity contribution in [1.29, 1.82) is 0 Å². The molecule has 0 unspecified atom stereocenters. The molecule has 5 rings (SSSR count). The van der Waals surface area contributed by atoms with Gasteiger partial charge in [-0.3, -0.25) is 4.90 Å². The zero-order chi connectivity index (χ0) is 20.7. The highest BCUT2D eigenvalue weighted by molar-refractivity contribution is 7.17. The third-order valence-electron chi connectivity index (χ3n) is 5.71. The molecule has 1 atom stereocenters. The maximum Gasteiger partial charge on any atom is 0.230 e. The standard InChI is InChI=1S/C23H25N5OS/c1-16-7-6-8-18(15-16)20(21-22(29)28-23(30-21)24-17(2)25-28)27-13-11-26(12-14-27)19-9-4-3-5-10-19/h3-10,15,20,29H,11-14H2,1-2H3/t20-/m0/s1. The van der Waals surface area contributed by atoms with E-state index in [2.05, 4.69) is 81.4 Å². The summed E-state index contributed by atoms with van der Waals surface area (Å²) in [5, 5.41) is 15.4. The number of fused-ring (bicyclic) bond motifs is 1. The van der Waals surface area contributed by atoms with Gasteiger partial charge in [0.25, 0.3) is 0 Å². The minimum atomic E-state index is -0.0170. The first kappa shape index (κ1) is 19.1. The number of rotatable bonds is 4. The normalized spacial score (nSPS) is 16.3. The van der Waals surface area contributed by atoms with Crippen molar-refractivity contribution in [2.45, 2.75) is 19.9 Å². The van der Waals surface area contributed by atoms with Crippen LogP contribution in [0.5, 0.6) is 5.88 Å². The molecule has 30 heavy (non-hydrogen) atoms. The van der Waals surface area contributed by atoms with Crippen LogP contribution in [0, 0.1) is 13.8 Å². The van der Waals surface area contributed by atoms with E-state index in [1.165, 1.54) is 28.2 Å². The Morgan fingerprint density at radius 3 is 2.43 bits per heavy atom. The van der Waals surface area contributed by atoms with Crippen LogP contribution in [-0.2, 0) is 0 Å². The van der Waals surface area contributed by atoms with Crippen LogP contribution in [0.4, 0.5) is 5.69 Å². The van der Waals surface area contributed by atoms with E-state index in [0.29, 0.717) is 5.82 Å². The second-order valence-corrected chi connectivity index (χ2v) is 8.83. The van der Waals surface area contributed by atoms with Crippen LogP contribution in [0.3, 0.4) is 0 Å². The quantitative estimate of drug-likeness (QED) is 0.541. The topological polar surface area (TPSA) is 56.9 Å². The largest absolute Gasteiger partial charge is 0.492 e. The van der Waals surface area contributed by atoms with Crippen LogP contribution in [0.2, 0.25) is 0 Å². The molecule has 0 radical (unpaired) electrons. The number of hydrogen-bond donors (Lipinski definition) is 1. The van der Waals surface area contributed by atoms with Gasteiger partial charge >= 0.3 is 0 Å². The molecule has 0 aliphatic carbocycles. The van der Waals surface area contributed by atoms with Crippen molar-refractivity contribution in [3.63, 3.8) is 0 Å². The zero-order valence-corrected chi connectivity index (χ0v) is 18.0. The molecule has 1 saturated heterocycles. The Morgan fingerprint density at radius 1 is 0.967 bits per heavy atom. The van der Waals surface area contributed by atoms with Gasteiger partial charge in [0.2, 0.25) is 10.8 Å². The molecule has 0 saturated carbocycles. The summed E-state index contributed by atoms with van der Waals surface area (Å²) in [5.74, 6) is 0.874. The first-order chi connectivity index (χ1) is 14.6. The fraction of sp³-hybridized carbons (Fsp3) is 0.304. The molecule has 6 nitrogen and oxygen atoms in total. The van der Waals surface area contributed by atoms with Gasteiger partial charge < -0.3 is 10.0 Å². The third-order valence-corrected chi connectivity index (χ3v) is 6.79. The number of hydrogen-bond acceptors (Lipinski definition) is 6. The maximum absolute atomic E-state index is 11.0. The van der Waals surface area contributed by atoms with Gasteiger partial charge in [-0.2, -0.15) is 4.52 Å². The minimum absolute atomic E-state index is 0.0170. The fourth-order valence-electron chi connectivity index (χ4n) is 4.27. The predicted molar refractivity (Wildman–Crippen MR) is 121 cm³/mol. The summed E-state index contributed by atoms with van der Waals surface area (Å²) in [6.45, 7) is 7.69. The predicted octanol–water partition coefficient (Wildman–Crippen LogP) is 4.02. The number of piperazine rings is 1. The number of thiazole rings is 1. The van der Waals surface area contributed by atoms with Crippen molar-refractivity contribution in [3.8, 4) is 5.88 Å². The number of anilines is 1. The first-order valence-electron chi connectivity index (χ1n) is 10.3. The maximum atomic E-state index is 11.0. The zero-order valence-electron chi connectivity index (χ0n) is 17.2. The molecular formula is C23H25N5OS. The van der Waals surface area contributed by atoms with Gasteiger partial charge in [-0.25, -0.2) is 4.98 Å². The van der Waals surface area contributed by atoms with Crippen molar-refractivity contribution in [1.82, 2.24) is 19.5 Å². The van der Waals surface area contributed by atoms with Gasteiger partial charge in [-0.1, -0.05) is 59.4 Å². The lowest BCUT2D eigenvalue weighted by atomic mass is 10.0. The Balaban J connectivity index is 1.49. The van der Waals surface area contributed by atoms with Gasteiger partial charge in [0.1, 0.15) is 5.82 Å². The van der Waals surface area contributed by atoms with Crippen LogP contribution >= 0.6 is 11.3 Å². The summed E-state index contributed by atoms with van der Waals surface area (Å²) in [6.07, 6.45) is 0. The van der Waals surface area contributed by atoms with E-state index >= 15 is 0 Å². The van der Waals surface area contributed by atoms with E-state index in [1.807, 2.05) is 6.92 Å². The van der Waals surface area contributed by atoms with Crippen LogP contribution < -0.4 is 4.90 Å². The van der Waals surface area contributed by atoms with Gasteiger partial charge in [0.05, 0.1) is 10.9 Å². The molecule has 1 fully saturated rings. The summed E-state index contributed by atoms with van der Waals surface area (Å²) in [4.78, 5) is 11.0. The third kappa shape index (κ3) is 3.44. The highest BCUT2D eigenvalue weighted by Crippen LogP contribution is 2.40. The summed E-state index contributed by atoms with van der Waals surface area (Å²) < 4.78 is 1.57. The monoisotopic (exact) mass is 419 g/mol. The molecule has 0 bridgehead atoms. The molecule has 1 aliphatic rings. The van der Waals surface area contributed by atoms with Crippen molar-refractivity contribution in [2.75, 3.05) is 31.1 Å². The number of nitrogens with zero attached hydrogens (tertiary/aromatic N) is 5. The molecule has 0 amide bonds. The molecule has 154 valence electrons. The molecular weight excluding hydrogens is 394 g/mol. The lowest BCUT2D eigenvalue weighted by Crippen LogP contribution is -2.47. The Bertz CT molecular complexity index is 1160. The Kier molecular flexibility index (Phi) is 4.92. The second kappa shape index (κ2) is 7.74. The highest BCUT2D eigenvalue weighted by Gasteiger charge is 2.31. The SMILES string of the molecule is Cc1cccc([C@@H](c2sc3nc(C)nn3c2O)N2CCN(c3ccccc3)CC2)c1. The first-order valence-corrected chi connectivity index (χ1v) is 11.1. The molecule has 3 heterocycles. The Hall–Kier alpha value is -2.90. The number of aromatic nitrogens is 3. The van der Waals surface area contributed by atoms with Gasteiger partial charge in [0, 0.05) is 31.9 Å². The van der Waals surface area contributed by atoms with Crippen molar-refractivity contribution < 1.29 is 5.11 Å². The lowest BCUT2D eigenvalue weighted by molar-refractivity contribution is 0.211. The van der Waals surface area contributed by atoms with E-state index in [1.54, 1.807) is 4.52 Å². The van der Waals surface area contributed by atoms with Crippen molar-refractivity contribution in [3.05, 3.63) is 76.4 Å². The molecule has 1 N–H and O–H groups in total. The fourth-order valence-corrected chi connectivity index (χ4v) is 5.43. The summed E-state index contributed by atoms with van der Waals surface area (Å²) >= 11 is 1.53. The van der Waals surface area contributed by atoms with E-state index in [0.717, 1.165) is 36.0 Å². The molecule has 1 aliphatic heterocycles.